The van der Waals surface area contributed by atoms with Crippen LogP contribution in [0.15, 0.2) is 30.3 Å². The van der Waals surface area contributed by atoms with Crippen LogP contribution in [0.4, 0.5) is 0 Å². The van der Waals surface area contributed by atoms with E-state index in [-0.39, 0.29) is 24.5 Å². The molecule has 2 saturated heterocycles. The summed E-state index contributed by atoms with van der Waals surface area (Å²) < 4.78 is 10.8. The Morgan fingerprint density at radius 2 is 1.89 bits per heavy atom. The molecule has 3 rings (SSSR count). The highest BCUT2D eigenvalue weighted by atomic mass is 16.6. The number of carbonyl (C=O) groups is 3. The zero-order valence-corrected chi connectivity index (χ0v) is 16.1. The highest BCUT2D eigenvalue weighted by molar-refractivity contribution is 5.89. The number of hydrogen-bond acceptors (Lipinski definition) is 6. The average Bonchev–Trinajstić information content (AvgIpc) is 2.97. The van der Waals surface area contributed by atoms with Gasteiger partial charge in [0.1, 0.15) is 12.0 Å². The van der Waals surface area contributed by atoms with Crippen LogP contribution in [-0.2, 0) is 19.1 Å². The van der Waals surface area contributed by atoms with Crippen molar-refractivity contribution in [1.82, 2.24) is 4.90 Å². The van der Waals surface area contributed by atoms with Crippen molar-refractivity contribution >= 4 is 17.9 Å². The molecule has 2 heterocycles. The van der Waals surface area contributed by atoms with Gasteiger partial charge < -0.3 is 14.6 Å². The van der Waals surface area contributed by atoms with E-state index in [1.54, 1.807) is 24.3 Å². The van der Waals surface area contributed by atoms with Crippen molar-refractivity contribution in [2.75, 3.05) is 13.7 Å². The zero-order chi connectivity index (χ0) is 20.1. The van der Waals surface area contributed by atoms with Crippen LogP contribution < -0.4 is 0 Å². The summed E-state index contributed by atoms with van der Waals surface area (Å²) in [6.07, 6.45) is 3.41. The molecule has 0 radical (unpaired) electrons. The number of methoxy groups -OCH3 is 1. The lowest BCUT2D eigenvalue weighted by molar-refractivity contribution is -0.156. The minimum absolute atomic E-state index is 0.0374. The zero-order valence-electron chi connectivity index (χ0n) is 16.1. The van der Waals surface area contributed by atoms with Gasteiger partial charge in [-0.15, -0.1) is 0 Å². The van der Waals surface area contributed by atoms with Gasteiger partial charge in [0.05, 0.1) is 12.7 Å². The van der Waals surface area contributed by atoms with Crippen molar-refractivity contribution in [1.29, 1.82) is 0 Å². The van der Waals surface area contributed by atoms with Gasteiger partial charge in [0.15, 0.2) is 0 Å². The number of carboxylic acid groups (broad SMARTS) is 1. The van der Waals surface area contributed by atoms with E-state index in [0.29, 0.717) is 18.4 Å². The van der Waals surface area contributed by atoms with E-state index in [1.807, 2.05) is 6.07 Å². The van der Waals surface area contributed by atoms with Crippen LogP contribution in [0.3, 0.4) is 0 Å². The van der Waals surface area contributed by atoms with E-state index in [4.69, 9.17) is 14.6 Å². The van der Waals surface area contributed by atoms with Gasteiger partial charge in [0.2, 0.25) is 0 Å². The molecule has 2 aliphatic heterocycles. The third-order valence-electron chi connectivity index (χ3n) is 5.81. The standard InChI is InChI=1S/C21H27NO6/c1-27-21(26)19-16-11-10-15(22(16)12-6-5-9-18(23)24)13-17(19)28-20(25)14-7-3-2-4-8-14/h2-4,7-8,15-17,19H,5-6,9-13H2,1H3,(H,23,24)/t15?,16?,17-,19+/m0/s1. The lowest BCUT2D eigenvalue weighted by atomic mass is 9.87. The maximum atomic E-state index is 12.5. The number of esters is 2. The first kappa shape index (κ1) is 20.3. The first-order valence-corrected chi connectivity index (χ1v) is 9.82. The maximum Gasteiger partial charge on any atom is 0.338 e. The molecule has 4 atom stereocenters. The molecule has 0 aliphatic carbocycles. The number of piperidine rings is 1. The highest BCUT2D eigenvalue weighted by Gasteiger charge is 2.52. The molecule has 1 N–H and O–H groups in total. The van der Waals surface area contributed by atoms with E-state index < -0.39 is 24.0 Å². The quantitative estimate of drug-likeness (QED) is 0.539. The molecule has 0 aromatic heterocycles. The van der Waals surface area contributed by atoms with Crippen molar-refractivity contribution in [2.45, 2.75) is 56.7 Å². The summed E-state index contributed by atoms with van der Waals surface area (Å²) in [5.41, 5.74) is 0.467. The molecule has 2 bridgehead atoms. The number of carbonyl (C=O) groups excluding carboxylic acids is 2. The SMILES string of the molecule is COC(=O)[C@@H]1C2CCC(C[C@@H]1OC(=O)c1ccccc1)N2CCCCC(=O)O. The van der Waals surface area contributed by atoms with Crippen LogP contribution in [0, 0.1) is 5.92 Å². The van der Waals surface area contributed by atoms with Crippen LogP contribution >= 0.6 is 0 Å². The van der Waals surface area contributed by atoms with Gasteiger partial charge >= 0.3 is 17.9 Å². The summed E-state index contributed by atoms with van der Waals surface area (Å²) in [6, 6.07) is 8.98. The van der Waals surface area contributed by atoms with Gasteiger partial charge in [-0.2, -0.15) is 0 Å². The van der Waals surface area contributed by atoms with Crippen molar-refractivity contribution in [3.8, 4) is 0 Å². The molecule has 0 spiro atoms. The van der Waals surface area contributed by atoms with Gasteiger partial charge in [0.25, 0.3) is 0 Å². The predicted octanol–water partition coefficient (Wildman–Crippen LogP) is 2.49. The fourth-order valence-electron chi connectivity index (χ4n) is 4.53. The Morgan fingerprint density at radius 3 is 2.57 bits per heavy atom. The van der Waals surface area contributed by atoms with E-state index in [9.17, 15) is 14.4 Å². The normalized spacial score (nSPS) is 26.6. The molecule has 2 aliphatic rings. The smallest absolute Gasteiger partial charge is 0.338 e. The molecular weight excluding hydrogens is 362 g/mol. The predicted molar refractivity (Wildman–Crippen MR) is 101 cm³/mol. The highest BCUT2D eigenvalue weighted by Crippen LogP contribution is 2.41. The minimum atomic E-state index is -0.790. The Morgan fingerprint density at radius 1 is 1.14 bits per heavy atom. The topological polar surface area (TPSA) is 93.1 Å². The van der Waals surface area contributed by atoms with Crippen molar-refractivity contribution in [2.24, 2.45) is 5.92 Å². The number of unbranched alkanes of at least 4 members (excludes halogenated alkanes) is 1. The average molecular weight is 389 g/mol. The fourth-order valence-corrected chi connectivity index (χ4v) is 4.53. The number of benzene rings is 1. The Kier molecular flexibility index (Phi) is 6.67. The molecule has 2 fully saturated rings. The van der Waals surface area contributed by atoms with E-state index in [2.05, 4.69) is 4.90 Å². The number of rotatable bonds is 8. The lowest BCUT2D eigenvalue weighted by Crippen LogP contribution is -2.55. The van der Waals surface area contributed by atoms with Crippen LogP contribution in [-0.4, -0.2) is 59.8 Å². The molecule has 1 aromatic rings. The molecular formula is C21H27NO6. The Hall–Kier alpha value is -2.41. The third kappa shape index (κ3) is 4.52. The molecule has 152 valence electrons. The summed E-state index contributed by atoms with van der Waals surface area (Å²) in [5.74, 6) is -2.08. The van der Waals surface area contributed by atoms with Crippen LogP contribution in [0.1, 0.15) is 48.9 Å². The van der Waals surface area contributed by atoms with E-state index in [0.717, 1.165) is 25.8 Å². The number of fused-ring (bicyclic) bond motifs is 2. The Bertz CT molecular complexity index is 706. The number of nitrogens with zero attached hydrogens (tertiary/aromatic N) is 1. The lowest BCUT2D eigenvalue weighted by Gasteiger charge is -2.42. The maximum absolute atomic E-state index is 12.5. The van der Waals surface area contributed by atoms with Gasteiger partial charge in [-0.3, -0.25) is 14.5 Å². The number of ether oxygens (including phenoxy) is 2. The summed E-state index contributed by atoms with van der Waals surface area (Å²) in [6.45, 7) is 0.745. The minimum Gasteiger partial charge on any atom is -0.481 e. The van der Waals surface area contributed by atoms with Gasteiger partial charge in [0, 0.05) is 24.9 Å². The van der Waals surface area contributed by atoms with E-state index >= 15 is 0 Å². The van der Waals surface area contributed by atoms with Gasteiger partial charge in [-0.05, 0) is 44.4 Å². The number of carboxylic acids is 1. The third-order valence-corrected chi connectivity index (χ3v) is 5.81. The van der Waals surface area contributed by atoms with Gasteiger partial charge in [-0.25, -0.2) is 4.79 Å². The van der Waals surface area contributed by atoms with Crippen LogP contribution in [0.5, 0.6) is 0 Å². The Labute approximate surface area is 164 Å². The van der Waals surface area contributed by atoms with Crippen LogP contribution in [0.25, 0.3) is 0 Å². The van der Waals surface area contributed by atoms with Crippen LogP contribution in [0.2, 0.25) is 0 Å². The number of hydrogen-bond donors (Lipinski definition) is 1. The molecule has 1 aromatic carbocycles. The second kappa shape index (κ2) is 9.19. The first-order chi connectivity index (χ1) is 13.5. The summed E-state index contributed by atoms with van der Waals surface area (Å²) >= 11 is 0. The molecule has 7 heteroatoms. The Balaban J connectivity index is 1.69. The summed E-state index contributed by atoms with van der Waals surface area (Å²) in [5, 5.41) is 8.80. The monoisotopic (exact) mass is 389 g/mol. The molecule has 7 nitrogen and oxygen atoms in total. The molecule has 2 unspecified atom stereocenters. The number of aliphatic carboxylic acids is 1. The van der Waals surface area contributed by atoms with Crippen molar-refractivity contribution in [3.63, 3.8) is 0 Å². The first-order valence-electron chi connectivity index (χ1n) is 9.82. The van der Waals surface area contributed by atoms with Gasteiger partial charge in [-0.1, -0.05) is 18.2 Å². The molecule has 0 saturated carbocycles. The second-order valence-corrected chi connectivity index (χ2v) is 7.48. The second-order valence-electron chi connectivity index (χ2n) is 7.48. The van der Waals surface area contributed by atoms with Crippen molar-refractivity contribution in [3.05, 3.63) is 35.9 Å². The molecule has 0 amide bonds. The summed E-state index contributed by atoms with van der Waals surface area (Å²) in [7, 11) is 1.36. The largest absolute Gasteiger partial charge is 0.481 e. The molecule has 28 heavy (non-hydrogen) atoms. The van der Waals surface area contributed by atoms with Crippen molar-refractivity contribution < 1.29 is 29.0 Å². The summed E-state index contributed by atoms with van der Waals surface area (Å²) in [4.78, 5) is 38.0. The fraction of sp³-hybridized carbons (Fsp3) is 0.571. The van der Waals surface area contributed by atoms with E-state index in [1.165, 1.54) is 7.11 Å².